The predicted molar refractivity (Wildman–Crippen MR) is 117 cm³/mol. The number of aromatic nitrogens is 1. The van der Waals surface area contributed by atoms with Crippen molar-refractivity contribution in [3.63, 3.8) is 0 Å². The van der Waals surface area contributed by atoms with E-state index in [0.29, 0.717) is 34.6 Å². The Morgan fingerprint density at radius 3 is 2.48 bits per heavy atom. The molecule has 0 saturated heterocycles. The molecule has 5 nitrogen and oxygen atoms in total. The van der Waals surface area contributed by atoms with Crippen LogP contribution in [0, 0.1) is 11.6 Å². The number of nitrogens with one attached hydrogen (secondary N) is 2. The van der Waals surface area contributed by atoms with Crippen LogP contribution in [0.4, 0.5) is 25.0 Å². The Hall–Kier alpha value is -4.00. The van der Waals surface area contributed by atoms with Gasteiger partial charge >= 0.3 is 6.03 Å². The number of pyridine rings is 1. The molecule has 2 N–H and O–H groups in total. The molecular weight excluding hydrogens is 400 g/mol. The van der Waals surface area contributed by atoms with Gasteiger partial charge in [0.05, 0.1) is 23.5 Å². The van der Waals surface area contributed by atoms with E-state index in [4.69, 9.17) is 4.74 Å². The van der Waals surface area contributed by atoms with Gasteiger partial charge in [0.2, 0.25) is 0 Å². The molecule has 3 aromatic carbocycles. The van der Waals surface area contributed by atoms with Crippen molar-refractivity contribution in [3.05, 3.63) is 84.4 Å². The van der Waals surface area contributed by atoms with Crippen LogP contribution in [0.2, 0.25) is 0 Å². The Bertz CT molecular complexity index is 1240. The summed E-state index contributed by atoms with van der Waals surface area (Å²) in [5, 5.41) is 5.87. The molecular formula is C24H19F2N3O2. The number of halogens is 2. The van der Waals surface area contributed by atoms with Gasteiger partial charge in [-0.3, -0.25) is 0 Å². The molecule has 0 aliphatic heterocycles. The van der Waals surface area contributed by atoms with Gasteiger partial charge in [0.25, 0.3) is 0 Å². The zero-order valence-corrected chi connectivity index (χ0v) is 16.7. The number of rotatable bonds is 5. The Balaban J connectivity index is 1.64. The molecule has 0 atom stereocenters. The van der Waals surface area contributed by atoms with E-state index in [1.54, 1.807) is 48.5 Å². The molecule has 31 heavy (non-hydrogen) atoms. The van der Waals surface area contributed by atoms with Gasteiger partial charge in [-0.2, -0.15) is 0 Å². The smallest absolute Gasteiger partial charge is 0.323 e. The van der Waals surface area contributed by atoms with E-state index in [1.807, 2.05) is 6.92 Å². The molecule has 7 heteroatoms. The van der Waals surface area contributed by atoms with E-state index in [1.165, 1.54) is 24.3 Å². The Kier molecular flexibility index (Phi) is 5.75. The van der Waals surface area contributed by atoms with Crippen molar-refractivity contribution < 1.29 is 18.3 Å². The molecule has 1 heterocycles. The number of hydrogen-bond acceptors (Lipinski definition) is 3. The number of fused-ring (bicyclic) bond motifs is 1. The second-order valence-corrected chi connectivity index (χ2v) is 6.74. The van der Waals surface area contributed by atoms with Crippen molar-refractivity contribution in [1.29, 1.82) is 0 Å². The highest BCUT2D eigenvalue weighted by Gasteiger charge is 2.12. The molecule has 0 radical (unpaired) electrons. The first-order valence-electron chi connectivity index (χ1n) is 9.69. The Morgan fingerprint density at radius 2 is 1.74 bits per heavy atom. The molecule has 0 aliphatic rings. The average Bonchev–Trinajstić information content (AvgIpc) is 2.76. The number of para-hydroxylation sites is 1. The third kappa shape index (κ3) is 4.61. The summed E-state index contributed by atoms with van der Waals surface area (Å²) in [6.45, 7) is 2.31. The highest BCUT2D eigenvalue weighted by molar-refractivity contribution is 6.01. The summed E-state index contributed by atoms with van der Waals surface area (Å²) in [7, 11) is 0. The van der Waals surface area contributed by atoms with Gasteiger partial charge in [0.1, 0.15) is 17.4 Å². The maximum Gasteiger partial charge on any atom is 0.323 e. The molecule has 0 spiro atoms. The van der Waals surface area contributed by atoms with Crippen LogP contribution in [0.3, 0.4) is 0 Å². The van der Waals surface area contributed by atoms with Crippen LogP contribution in [0.5, 0.6) is 5.75 Å². The number of carbonyl (C=O) groups is 1. The van der Waals surface area contributed by atoms with Gasteiger partial charge in [0, 0.05) is 22.7 Å². The minimum absolute atomic E-state index is 0.0846. The molecule has 0 fully saturated rings. The fourth-order valence-electron chi connectivity index (χ4n) is 3.16. The van der Waals surface area contributed by atoms with Crippen molar-refractivity contribution in [3.8, 4) is 17.0 Å². The topological polar surface area (TPSA) is 63.2 Å². The van der Waals surface area contributed by atoms with E-state index < -0.39 is 11.8 Å². The average molecular weight is 419 g/mol. The molecule has 0 unspecified atom stereocenters. The lowest BCUT2D eigenvalue weighted by Gasteiger charge is -2.13. The molecule has 0 saturated carbocycles. The SMILES string of the molecule is CCOc1cc(-c2ccc(F)cc2)nc2ccc(NC(=O)Nc3ccccc3F)cc12. The summed E-state index contributed by atoms with van der Waals surface area (Å²) in [5.74, 6) is -0.253. The van der Waals surface area contributed by atoms with Crippen LogP contribution < -0.4 is 15.4 Å². The molecule has 2 amide bonds. The molecule has 4 rings (SSSR count). The van der Waals surface area contributed by atoms with Crippen LogP contribution in [0.25, 0.3) is 22.2 Å². The molecule has 0 bridgehead atoms. The van der Waals surface area contributed by atoms with Crippen LogP contribution >= 0.6 is 0 Å². The molecule has 156 valence electrons. The van der Waals surface area contributed by atoms with Crippen molar-refractivity contribution in [1.82, 2.24) is 4.98 Å². The van der Waals surface area contributed by atoms with Gasteiger partial charge in [0.15, 0.2) is 0 Å². The van der Waals surface area contributed by atoms with Gasteiger partial charge in [-0.15, -0.1) is 0 Å². The largest absolute Gasteiger partial charge is 0.493 e. The standard InChI is InChI=1S/C24H19F2N3O2/c1-2-31-23-14-22(15-7-9-16(25)10-8-15)28-20-12-11-17(13-18(20)23)27-24(30)29-21-6-4-3-5-19(21)26/h3-14H,2H2,1H3,(H2,27,29,30). The maximum atomic E-state index is 13.7. The summed E-state index contributed by atoms with van der Waals surface area (Å²) >= 11 is 0. The lowest BCUT2D eigenvalue weighted by atomic mass is 10.1. The Morgan fingerprint density at radius 1 is 0.968 bits per heavy atom. The van der Waals surface area contributed by atoms with Crippen molar-refractivity contribution >= 4 is 28.3 Å². The quantitative estimate of drug-likeness (QED) is 0.403. The van der Waals surface area contributed by atoms with Gasteiger partial charge in [-0.1, -0.05) is 12.1 Å². The summed E-state index contributed by atoms with van der Waals surface area (Å²) in [6.07, 6.45) is 0. The maximum absolute atomic E-state index is 13.7. The van der Waals surface area contributed by atoms with Crippen LogP contribution in [0.1, 0.15) is 6.92 Å². The highest BCUT2D eigenvalue weighted by atomic mass is 19.1. The van der Waals surface area contributed by atoms with E-state index >= 15 is 0 Å². The lowest BCUT2D eigenvalue weighted by Crippen LogP contribution is -2.20. The minimum Gasteiger partial charge on any atom is -0.493 e. The Labute approximate surface area is 177 Å². The third-order valence-corrected chi connectivity index (χ3v) is 4.59. The van der Waals surface area contributed by atoms with Crippen LogP contribution in [-0.4, -0.2) is 17.6 Å². The highest BCUT2D eigenvalue weighted by Crippen LogP contribution is 2.32. The minimum atomic E-state index is -0.571. The monoisotopic (exact) mass is 419 g/mol. The first-order chi connectivity index (χ1) is 15.0. The number of benzene rings is 3. The fraction of sp³-hybridized carbons (Fsp3) is 0.0833. The predicted octanol–water partition coefficient (Wildman–Crippen LogP) is 6.22. The first-order valence-corrected chi connectivity index (χ1v) is 9.69. The number of urea groups is 1. The fourth-order valence-corrected chi connectivity index (χ4v) is 3.16. The number of nitrogens with zero attached hydrogens (tertiary/aromatic N) is 1. The van der Waals surface area contributed by atoms with Crippen molar-refractivity contribution in [2.75, 3.05) is 17.2 Å². The van der Waals surface area contributed by atoms with Crippen molar-refractivity contribution in [2.45, 2.75) is 6.92 Å². The van der Waals surface area contributed by atoms with Crippen molar-refractivity contribution in [2.24, 2.45) is 0 Å². The number of amides is 2. The summed E-state index contributed by atoms with van der Waals surface area (Å²) in [4.78, 5) is 16.9. The normalized spacial score (nSPS) is 10.7. The number of carbonyl (C=O) groups excluding carboxylic acids is 1. The number of anilines is 2. The molecule has 4 aromatic rings. The summed E-state index contributed by atoms with van der Waals surface area (Å²) < 4.78 is 32.8. The third-order valence-electron chi connectivity index (χ3n) is 4.59. The van der Waals surface area contributed by atoms with Crippen LogP contribution in [-0.2, 0) is 0 Å². The summed E-state index contributed by atoms with van der Waals surface area (Å²) in [5.41, 5.74) is 2.65. The van der Waals surface area contributed by atoms with Gasteiger partial charge < -0.3 is 15.4 Å². The van der Waals surface area contributed by atoms with E-state index in [0.717, 1.165) is 5.56 Å². The van der Waals surface area contributed by atoms with Gasteiger partial charge in [-0.25, -0.2) is 18.6 Å². The zero-order valence-electron chi connectivity index (χ0n) is 16.7. The second kappa shape index (κ2) is 8.79. The molecule has 1 aromatic heterocycles. The van der Waals surface area contributed by atoms with Crippen LogP contribution in [0.15, 0.2) is 72.8 Å². The van der Waals surface area contributed by atoms with Gasteiger partial charge in [-0.05, 0) is 61.5 Å². The number of ether oxygens (including phenoxy) is 1. The van der Waals surface area contributed by atoms with E-state index in [9.17, 15) is 13.6 Å². The second-order valence-electron chi connectivity index (χ2n) is 6.74. The first kappa shape index (κ1) is 20.3. The zero-order chi connectivity index (χ0) is 21.8. The van der Waals surface area contributed by atoms with E-state index in [-0.39, 0.29) is 11.5 Å². The lowest BCUT2D eigenvalue weighted by molar-refractivity contribution is 0.262. The van der Waals surface area contributed by atoms with E-state index in [2.05, 4.69) is 15.6 Å². The number of hydrogen-bond donors (Lipinski definition) is 2. The summed E-state index contributed by atoms with van der Waals surface area (Å²) in [6, 6.07) is 18.4. The molecule has 0 aliphatic carbocycles.